The molecule has 33 heavy (non-hydrogen) atoms. The zero-order valence-corrected chi connectivity index (χ0v) is 17.8. The third-order valence-electron chi connectivity index (χ3n) is 5.51. The van der Waals surface area contributed by atoms with Crippen LogP contribution in [0.2, 0.25) is 0 Å². The van der Waals surface area contributed by atoms with E-state index in [0.29, 0.717) is 17.9 Å². The molecule has 2 aliphatic rings. The number of rotatable bonds is 5. The Bertz CT molecular complexity index is 1150. The molecule has 0 aromatic carbocycles. The summed E-state index contributed by atoms with van der Waals surface area (Å²) in [5, 5.41) is 12.9. The van der Waals surface area contributed by atoms with Gasteiger partial charge in [-0.1, -0.05) is 25.1 Å². The molecule has 8 nitrogen and oxygen atoms in total. The summed E-state index contributed by atoms with van der Waals surface area (Å²) < 4.78 is 51.0. The molecule has 1 amide bonds. The van der Waals surface area contributed by atoms with Gasteiger partial charge in [0.2, 0.25) is 11.7 Å². The molecule has 11 heteroatoms. The van der Waals surface area contributed by atoms with Gasteiger partial charge in [-0.15, -0.1) is 0 Å². The number of aromatic nitrogens is 3. The Hall–Kier alpha value is -3.52. The molecule has 2 atom stereocenters. The van der Waals surface area contributed by atoms with E-state index in [1.54, 1.807) is 44.4 Å². The zero-order valence-electron chi connectivity index (χ0n) is 17.8. The van der Waals surface area contributed by atoms with Crippen LogP contribution in [0.3, 0.4) is 0 Å². The number of pyridine rings is 1. The van der Waals surface area contributed by atoms with Crippen LogP contribution in [0.4, 0.5) is 13.2 Å². The Kier molecular flexibility index (Phi) is 5.80. The first-order chi connectivity index (χ1) is 15.6. The predicted octanol–water partition coefficient (Wildman–Crippen LogP) is 3.60. The van der Waals surface area contributed by atoms with E-state index in [0.717, 1.165) is 6.08 Å². The summed E-state index contributed by atoms with van der Waals surface area (Å²) in [5.41, 5.74) is -1.45. The minimum Gasteiger partial charge on any atom is -0.360 e. The van der Waals surface area contributed by atoms with Crippen molar-refractivity contribution in [2.75, 3.05) is 6.54 Å². The van der Waals surface area contributed by atoms with Crippen LogP contribution in [-0.4, -0.2) is 50.9 Å². The second kappa shape index (κ2) is 8.44. The molecule has 0 saturated carbocycles. The number of carbonyl (C=O) groups excluding carboxylic acids is 1. The number of nitriles is 1. The van der Waals surface area contributed by atoms with E-state index in [9.17, 15) is 18.0 Å². The van der Waals surface area contributed by atoms with E-state index < -0.39 is 34.9 Å². The van der Waals surface area contributed by atoms with Crippen molar-refractivity contribution in [2.45, 2.75) is 45.2 Å². The molecule has 2 aromatic heterocycles. The number of hydrogen-bond donors (Lipinski definition) is 0. The third kappa shape index (κ3) is 4.66. The number of ether oxygens (including phenoxy) is 1. The molecule has 1 saturated heterocycles. The van der Waals surface area contributed by atoms with Gasteiger partial charge >= 0.3 is 6.18 Å². The molecule has 4 rings (SSSR count). The van der Waals surface area contributed by atoms with Crippen LogP contribution in [0.5, 0.6) is 0 Å². The number of allylic oxidation sites excluding steroid dienone is 2. The van der Waals surface area contributed by atoms with E-state index in [1.165, 1.54) is 11.0 Å². The summed E-state index contributed by atoms with van der Waals surface area (Å²) in [5.74, 6) is 0.212. The molecule has 0 N–H and O–H groups in total. The number of nitrogens with zero attached hydrogens (tertiary/aromatic N) is 5. The molecule has 1 fully saturated rings. The number of amides is 1. The fraction of sp³-hybridized carbons (Fsp3) is 0.409. The lowest BCUT2D eigenvalue weighted by molar-refractivity contribution is -0.143. The van der Waals surface area contributed by atoms with Crippen LogP contribution in [-0.2, 0) is 16.1 Å². The van der Waals surface area contributed by atoms with Crippen molar-refractivity contribution >= 4 is 5.91 Å². The van der Waals surface area contributed by atoms with Crippen molar-refractivity contribution in [3.05, 3.63) is 53.7 Å². The topological polar surface area (TPSA) is 105 Å². The van der Waals surface area contributed by atoms with E-state index in [-0.39, 0.29) is 24.8 Å². The summed E-state index contributed by atoms with van der Waals surface area (Å²) in [4.78, 5) is 22.8. The predicted molar refractivity (Wildman–Crippen MR) is 108 cm³/mol. The first kappa shape index (κ1) is 22.7. The van der Waals surface area contributed by atoms with E-state index in [1.807, 2.05) is 0 Å². The number of alkyl halides is 3. The Morgan fingerprint density at radius 3 is 2.73 bits per heavy atom. The first-order valence-electron chi connectivity index (χ1n) is 10.2. The van der Waals surface area contributed by atoms with Crippen LogP contribution in [0.1, 0.15) is 26.2 Å². The SMILES string of the molecule is CC1(C)CN(Cc2nc(-c3ccncc3)no2)C(=O)C1OC1C=C(C(F)(F)F)C(C#N)=CC1. The van der Waals surface area contributed by atoms with Crippen molar-refractivity contribution < 1.29 is 27.2 Å². The number of halogens is 3. The Morgan fingerprint density at radius 2 is 2.06 bits per heavy atom. The average Bonchev–Trinajstić information content (AvgIpc) is 3.32. The Morgan fingerprint density at radius 1 is 1.33 bits per heavy atom. The van der Waals surface area contributed by atoms with Crippen molar-refractivity contribution in [2.24, 2.45) is 5.41 Å². The molecule has 3 heterocycles. The lowest BCUT2D eigenvalue weighted by atomic mass is 9.89. The van der Waals surface area contributed by atoms with Crippen molar-refractivity contribution in [1.29, 1.82) is 5.26 Å². The maximum absolute atomic E-state index is 13.3. The molecule has 1 aliphatic carbocycles. The van der Waals surface area contributed by atoms with Gasteiger partial charge in [0.05, 0.1) is 23.3 Å². The average molecular weight is 459 g/mol. The largest absolute Gasteiger partial charge is 0.417 e. The standard InChI is InChI=1S/C22H20F3N5O3/c1-21(2)12-30(11-17-28-19(29-33-17)13-5-7-27-8-6-13)20(31)18(21)32-15-4-3-14(10-26)16(9-15)22(23,24)25/h3,5-9,15,18H,4,11-12H2,1-2H3. The highest BCUT2D eigenvalue weighted by Gasteiger charge is 2.49. The first-order valence-corrected chi connectivity index (χ1v) is 10.2. The van der Waals surface area contributed by atoms with Gasteiger partial charge in [-0.3, -0.25) is 9.78 Å². The fourth-order valence-corrected chi connectivity index (χ4v) is 3.94. The summed E-state index contributed by atoms with van der Waals surface area (Å²) in [6.45, 7) is 3.96. The van der Waals surface area contributed by atoms with Crippen LogP contribution in [0, 0.1) is 16.7 Å². The van der Waals surface area contributed by atoms with E-state index in [2.05, 4.69) is 15.1 Å². The highest BCUT2D eigenvalue weighted by molar-refractivity contribution is 5.84. The van der Waals surface area contributed by atoms with Gasteiger partial charge in [0.1, 0.15) is 12.6 Å². The quantitative estimate of drug-likeness (QED) is 0.673. The van der Waals surface area contributed by atoms with Crippen LogP contribution in [0.25, 0.3) is 11.4 Å². The second-order valence-electron chi connectivity index (χ2n) is 8.53. The van der Waals surface area contributed by atoms with Gasteiger partial charge in [-0.25, -0.2) is 0 Å². The van der Waals surface area contributed by atoms with Gasteiger partial charge in [-0.05, 0) is 24.6 Å². The van der Waals surface area contributed by atoms with Crippen LogP contribution >= 0.6 is 0 Å². The zero-order chi connectivity index (χ0) is 23.8. The molecule has 0 radical (unpaired) electrons. The van der Waals surface area contributed by atoms with Gasteiger partial charge in [0, 0.05) is 29.9 Å². The molecule has 0 bridgehead atoms. The van der Waals surface area contributed by atoms with Crippen LogP contribution < -0.4 is 0 Å². The minimum atomic E-state index is -4.69. The van der Waals surface area contributed by atoms with Gasteiger partial charge in [-0.2, -0.15) is 23.4 Å². The summed E-state index contributed by atoms with van der Waals surface area (Å²) in [6.07, 6.45) is -1.30. The third-order valence-corrected chi connectivity index (χ3v) is 5.51. The van der Waals surface area contributed by atoms with E-state index in [4.69, 9.17) is 14.5 Å². The number of carbonyl (C=O) groups is 1. The number of hydrogen-bond acceptors (Lipinski definition) is 7. The highest BCUT2D eigenvalue weighted by Crippen LogP contribution is 2.38. The molecular formula is C22H20F3N5O3. The molecule has 0 spiro atoms. The Balaban J connectivity index is 1.48. The lowest BCUT2D eigenvalue weighted by Gasteiger charge is -2.29. The maximum atomic E-state index is 13.3. The van der Waals surface area contributed by atoms with Gasteiger partial charge < -0.3 is 14.2 Å². The van der Waals surface area contributed by atoms with Gasteiger partial charge in [0.25, 0.3) is 5.91 Å². The molecule has 172 valence electrons. The second-order valence-corrected chi connectivity index (χ2v) is 8.53. The molecule has 2 unspecified atom stereocenters. The lowest BCUT2D eigenvalue weighted by Crippen LogP contribution is -2.37. The highest BCUT2D eigenvalue weighted by atomic mass is 19.4. The minimum absolute atomic E-state index is 0.0486. The van der Waals surface area contributed by atoms with Crippen molar-refractivity contribution in [3.63, 3.8) is 0 Å². The monoisotopic (exact) mass is 459 g/mol. The fourth-order valence-electron chi connectivity index (χ4n) is 3.94. The van der Waals surface area contributed by atoms with Crippen LogP contribution in [0.15, 0.2) is 52.3 Å². The van der Waals surface area contributed by atoms with Crippen molar-refractivity contribution in [1.82, 2.24) is 20.0 Å². The Labute approximate surface area is 187 Å². The molecule has 2 aromatic rings. The normalized spacial score (nSPS) is 22.7. The summed E-state index contributed by atoms with van der Waals surface area (Å²) in [7, 11) is 0. The molecule has 1 aliphatic heterocycles. The smallest absolute Gasteiger partial charge is 0.360 e. The summed E-state index contributed by atoms with van der Waals surface area (Å²) in [6, 6.07) is 5.01. The van der Waals surface area contributed by atoms with Gasteiger partial charge in [0.15, 0.2) is 0 Å². The molecular weight excluding hydrogens is 439 g/mol. The number of likely N-dealkylation sites (tertiary alicyclic amines) is 1. The van der Waals surface area contributed by atoms with E-state index >= 15 is 0 Å². The van der Waals surface area contributed by atoms with Crippen molar-refractivity contribution in [3.8, 4) is 17.5 Å². The maximum Gasteiger partial charge on any atom is 0.417 e. The summed E-state index contributed by atoms with van der Waals surface area (Å²) >= 11 is 0.